The lowest BCUT2D eigenvalue weighted by atomic mass is 9.31. The summed E-state index contributed by atoms with van der Waals surface area (Å²) in [6.07, 6.45) is 3.00. The second-order valence-corrected chi connectivity index (χ2v) is 13.8. The average Bonchev–Trinajstić information content (AvgIpc) is 3.47. The fraction of sp³-hybridized carbons (Fsp3) is 0.767. The van der Waals surface area contributed by atoms with Crippen molar-refractivity contribution >= 4 is 17.9 Å². The third-order valence-electron chi connectivity index (χ3n) is 12.4. The lowest BCUT2D eigenvalue weighted by Gasteiger charge is -2.71. The van der Waals surface area contributed by atoms with E-state index < -0.39 is 63.4 Å². The monoisotopic (exact) mass is 544 g/mol. The van der Waals surface area contributed by atoms with Crippen molar-refractivity contribution in [3.63, 3.8) is 0 Å². The molecule has 1 spiro atoms. The molecule has 11 unspecified atom stereocenters. The Labute approximate surface area is 228 Å². The van der Waals surface area contributed by atoms with Gasteiger partial charge in [0.2, 0.25) is 0 Å². The number of epoxide rings is 1. The molecule has 214 valence electrons. The van der Waals surface area contributed by atoms with Crippen LogP contribution >= 0.6 is 0 Å². The Balaban J connectivity index is 1.58. The summed E-state index contributed by atoms with van der Waals surface area (Å²) in [4.78, 5) is 40.5. The van der Waals surface area contributed by atoms with Gasteiger partial charge in [0.1, 0.15) is 11.7 Å². The van der Waals surface area contributed by atoms with Gasteiger partial charge in [0.15, 0.2) is 6.10 Å². The molecule has 9 nitrogen and oxygen atoms in total. The quantitative estimate of drug-likeness (QED) is 0.343. The number of carbonyl (C=O) groups excluding carboxylic acids is 3. The van der Waals surface area contributed by atoms with E-state index in [-0.39, 0.29) is 30.2 Å². The van der Waals surface area contributed by atoms with Crippen molar-refractivity contribution in [2.75, 3.05) is 14.2 Å². The van der Waals surface area contributed by atoms with Crippen molar-refractivity contribution < 1.29 is 42.9 Å². The first-order valence-corrected chi connectivity index (χ1v) is 14.0. The lowest BCUT2D eigenvalue weighted by Crippen LogP contribution is -2.74. The van der Waals surface area contributed by atoms with Crippen LogP contribution in [0.3, 0.4) is 0 Å². The highest BCUT2D eigenvalue weighted by molar-refractivity contribution is 5.84. The number of esters is 3. The number of furan rings is 1. The predicted octanol–water partition coefficient (Wildman–Crippen LogP) is 3.83. The third-order valence-corrected chi connectivity index (χ3v) is 12.4. The first-order chi connectivity index (χ1) is 18.3. The van der Waals surface area contributed by atoms with Crippen LogP contribution in [0.1, 0.15) is 72.0 Å². The maximum Gasteiger partial charge on any atom is 0.339 e. The topological polar surface area (TPSA) is 125 Å². The molecule has 3 heterocycles. The minimum atomic E-state index is -1.01. The Morgan fingerprint density at radius 2 is 1.64 bits per heavy atom. The van der Waals surface area contributed by atoms with Crippen LogP contribution in [0.25, 0.3) is 0 Å². The number of fused-ring (bicyclic) bond motifs is 3. The van der Waals surface area contributed by atoms with Gasteiger partial charge in [-0.25, -0.2) is 4.79 Å². The van der Waals surface area contributed by atoms with E-state index in [0.717, 1.165) is 5.56 Å². The molecule has 1 N–H and O–H groups in total. The molecule has 5 fully saturated rings. The summed E-state index contributed by atoms with van der Waals surface area (Å²) < 4.78 is 28.7. The van der Waals surface area contributed by atoms with Gasteiger partial charge >= 0.3 is 17.9 Å². The van der Waals surface area contributed by atoms with Crippen LogP contribution in [0, 0.1) is 45.3 Å². The number of hydrogen-bond donors (Lipinski definition) is 1. The van der Waals surface area contributed by atoms with Crippen LogP contribution in [-0.4, -0.2) is 55.0 Å². The molecule has 9 heteroatoms. The molecule has 6 rings (SSSR count). The van der Waals surface area contributed by atoms with E-state index in [9.17, 15) is 19.5 Å². The van der Waals surface area contributed by atoms with E-state index in [1.165, 1.54) is 14.2 Å². The van der Waals surface area contributed by atoms with Gasteiger partial charge in [0, 0.05) is 16.4 Å². The number of aliphatic hydroxyl groups excluding tert-OH is 1. The maximum atomic E-state index is 13.7. The molecule has 2 saturated heterocycles. The normalized spacial score (nSPS) is 49.3. The Kier molecular flexibility index (Phi) is 5.56. The fourth-order valence-electron chi connectivity index (χ4n) is 10.5. The third kappa shape index (κ3) is 2.91. The van der Waals surface area contributed by atoms with E-state index in [4.69, 9.17) is 23.4 Å². The molecule has 0 bridgehead atoms. The molecule has 1 aromatic heterocycles. The molecule has 1 aromatic rings. The summed E-state index contributed by atoms with van der Waals surface area (Å²) in [5.74, 6) is -2.72. The van der Waals surface area contributed by atoms with Crippen LogP contribution in [0.5, 0.6) is 0 Å². The maximum absolute atomic E-state index is 13.7. The molecule has 0 radical (unpaired) electrons. The van der Waals surface area contributed by atoms with E-state index in [1.54, 1.807) is 12.5 Å². The predicted molar refractivity (Wildman–Crippen MR) is 136 cm³/mol. The van der Waals surface area contributed by atoms with E-state index in [1.807, 2.05) is 19.9 Å². The van der Waals surface area contributed by atoms with Gasteiger partial charge in [-0.1, -0.05) is 34.6 Å². The molecular formula is C30H40O9. The molecule has 3 saturated carbocycles. The van der Waals surface area contributed by atoms with Crippen LogP contribution < -0.4 is 0 Å². The van der Waals surface area contributed by atoms with E-state index in [2.05, 4.69) is 20.8 Å². The van der Waals surface area contributed by atoms with Gasteiger partial charge in [0.25, 0.3) is 0 Å². The molecular weight excluding hydrogens is 504 g/mol. The van der Waals surface area contributed by atoms with E-state index in [0.29, 0.717) is 19.3 Å². The summed E-state index contributed by atoms with van der Waals surface area (Å²) in [7, 11) is 2.77. The Morgan fingerprint density at radius 1 is 0.974 bits per heavy atom. The molecule has 0 amide bonds. The van der Waals surface area contributed by atoms with Gasteiger partial charge in [-0.05, 0) is 54.4 Å². The molecule has 5 aliphatic rings. The van der Waals surface area contributed by atoms with Crippen molar-refractivity contribution in [2.45, 2.75) is 84.2 Å². The fourth-order valence-corrected chi connectivity index (χ4v) is 10.5. The summed E-state index contributed by atoms with van der Waals surface area (Å²) >= 11 is 0. The van der Waals surface area contributed by atoms with Crippen LogP contribution in [0.2, 0.25) is 0 Å². The first kappa shape index (κ1) is 26.8. The molecule has 2 aliphatic heterocycles. The minimum absolute atomic E-state index is 0.182. The number of ether oxygens (including phenoxy) is 4. The molecule has 39 heavy (non-hydrogen) atoms. The number of rotatable bonds is 3. The summed E-state index contributed by atoms with van der Waals surface area (Å²) in [5.41, 5.74) is -2.97. The lowest BCUT2D eigenvalue weighted by molar-refractivity contribution is -0.273. The van der Waals surface area contributed by atoms with Crippen molar-refractivity contribution in [2.24, 2.45) is 45.3 Å². The van der Waals surface area contributed by atoms with Gasteiger partial charge in [-0.3, -0.25) is 9.59 Å². The summed E-state index contributed by atoms with van der Waals surface area (Å²) in [6.45, 7) is 10.3. The zero-order valence-electron chi connectivity index (χ0n) is 23.8. The van der Waals surface area contributed by atoms with Crippen molar-refractivity contribution in [3.05, 3.63) is 24.2 Å². The summed E-state index contributed by atoms with van der Waals surface area (Å²) in [5, 5.41) is 11.3. The van der Waals surface area contributed by atoms with Gasteiger partial charge in [0.05, 0.1) is 44.7 Å². The highest BCUT2D eigenvalue weighted by atomic mass is 16.7. The number of methoxy groups -OCH3 is 2. The smallest absolute Gasteiger partial charge is 0.339 e. The van der Waals surface area contributed by atoms with Crippen molar-refractivity contribution in [3.8, 4) is 0 Å². The Morgan fingerprint density at radius 3 is 2.26 bits per heavy atom. The standard InChI is InChI=1S/C30H40O9/c1-26(2)19-12-17(24(33)36-7)29(5)18(28(19,4)16(13-20(26)31)23(32)35-6)8-10-27(3)21(15-9-11-37-14-15)38-25(34)22-30(27,29)39-22/h9,11,14,16-22,31H,8,10,12-13H2,1-7H3. The van der Waals surface area contributed by atoms with Gasteiger partial charge < -0.3 is 28.5 Å². The van der Waals surface area contributed by atoms with Gasteiger partial charge in [-0.2, -0.15) is 0 Å². The number of cyclic esters (lactones) is 1. The minimum Gasteiger partial charge on any atom is -0.472 e. The zero-order valence-corrected chi connectivity index (χ0v) is 23.8. The second kappa shape index (κ2) is 8.09. The van der Waals surface area contributed by atoms with Crippen molar-refractivity contribution in [1.29, 1.82) is 0 Å². The highest BCUT2D eigenvalue weighted by Gasteiger charge is 2.89. The highest BCUT2D eigenvalue weighted by Crippen LogP contribution is 2.81. The molecule has 0 aromatic carbocycles. The van der Waals surface area contributed by atoms with Gasteiger partial charge in [-0.15, -0.1) is 0 Å². The van der Waals surface area contributed by atoms with Crippen LogP contribution in [0.15, 0.2) is 23.0 Å². The zero-order chi connectivity index (χ0) is 28.3. The molecule has 11 atom stereocenters. The van der Waals surface area contributed by atoms with E-state index >= 15 is 0 Å². The average molecular weight is 545 g/mol. The summed E-state index contributed by atoms with van der Waals surface area (Å²) in [6, 6.07) is 1.81. The van der Waals surface area contributed by atoms with Crippen LogP contribution in [0.4, 0.5) is 0 Å². The number of aliphatic hydroxyl groups is 1. The number of hydrogen-bond acceptors (Lipinski definition) is 9. The first-order valence-electron chi connectivity index (χ1n) is 14.0. The second-order valence-electron chi connectivity index (χ2n) is 13.8. The molecule has 3 aliphatic carbocycles. The Bertz CT molecular complexity index is 1210. The SMILES string of the molecule is COC(=O)C1CC(O)C(C)(C)C2CC(C(=O)OC)C3(C)C(CCC4(C)C(c5ccoc5)OC(=O)C5OC543)C12C. The largest absolute Gasteiger partial charge is 0.472 e. The number of carbonyl (C=O) groups is 3. The van der Waals surface area contributed by atoms with Crippen LogP contribution in [-0.2, 0) is 33.3 Å². The van der Waals surface area contributed by atoms with Crippen molar-refractivity contribution in [1.82, 2.24) is 0 Å². The Hall–Kier alpha value is -2.39.